The van der Waals surface area contributed by atoms with Crippen LogP contribution in [0.1, 0.15) is 117 Å². The second kappa shape index (κ2) is 16.9. The summed E-state index contributed by atoms with van der Waals surface area (Å²) < 4.78 is 5.72. The van der Waals surface area contributed by atoms with Crippen molar-refractivity contribution in [2.24, 2.45) is 11.8 Å². The van der Waals surface area contributed by atoms with E-state index >= 15 is 0 Å². The molecule has 1 aliphatic rings. The average molecular weight is 389 g/mol. The fourth-order valence-corrected chi connectivity index (χ4v) is 4.31. The topological polar surface area (TPSA) is 9.23 Å². The molecule has 1 heteroatoms. The maximum absolute atomic E-state index is 5.72. The molecule has 1 aliphatic carbocycles. The maximum Gasteiger partial charge on any atom is 0.112 e. The molecule has 0 N–H and O–H groups in total. The van der Waals surface area contributed by atoms with Gasteiger partial charge in [0.1, 0.15) is 5.76 Å². The molecule has 1 fully saturated rings. The van der Waals surface area contributed by atoms with Crippen LogP contribution in [0, 0.1) is 11.8 Å². The molecule has 0 aromatic rings. The van der Waals surface area contributed by atoms with Crippen LogP contribution in [0.4, 0.5) is 0 Å². The van der Waals surface area contributed by atoms with E-state index < -0.39 is 0 Å². The lowest BCUT2D eigenvalue weighted by atomic mass is 9.78. The van der Waals surface area contributed by atoms with Gasteiger partial charge in [0, 0.05) is 0 Å². The molecule has 0 amide bonds. The minimum absolute atomic E-state index is 0.780. The molecular formula is C27H48O. The number of rotatable bonds is 17. The smallest absolute Gasteiger partial charge is 0.112 e. The Balaban J connectivity index is 2.04. The number of hydrogen-bond acceptors (Lipinski definition) is 1. The van der Waals surface area contributed by atoms with E-state index in [0.29, 0.717) is 0 Å². The third kappa shape index (κ3) is 13.2. The van der Waals surface area contributed by atoms with Gasteiger partial charge in [0.25, 0.3) is 0 Å². The Bertz CT molecular complexity index is 426. The van der Waals surface area contributed by atoms with E-state index in [1.807, 2.05) is 6.08 Å². The SMILES string of the molecule is C=C(/C=C\C(=C)OCCCCCCCC)CCC1CCC(CCCCC)CC1. The second-order valence-electron chi connectivity index (χ2n) is 9.00. The van der Waals surface area contributed by atoms with Gasteiger partial charge in [-0.25, -0.2) is 0 Å². The highest BCUT2D eigenvalue weighted by molar-refractivity contribution is 5.21. The number of ether oxygens (including phenoxy) is 1. The average Bonchev–Trinajstić information content (AvgIpc) is 2.71. The van der Waals surface area contributed by atoms with Gasteiger partial charge in [0.15, 0.2) is 0 Å². The Morgan fingerprint density at radius 1 is 0.750 bits per heavy atom. The van der Waals surface area contributed by atoms with Crippen molar-refractivity contribution in [3.63, 3.8) is 0 Å². The molecule has 0 saturated heterocycles. The van der Waals surface area contributed by atoms with Crippen LogP contribution in [-0.2, 0) is 4.74 Å². The molecule has 1 rings (SSSR count). The molecule has 0 bridgehead atoms. The minimum atomic E-state index is 0.780. The van der Waals surface area contributed by atoms with Crippen LogP contribution in [0.15, 0.2) is 36.6 Å². The summed E-state index contributed by atoms with van der Waals surface area (Å²) in [6.45, 7) is 13.6. The van der Waals surface area contributed by atoms with Gasteiger partial charge in [-0.05, 0) is 37.2 Å². The number of allylic oxidation sites excluding steroid dienone is 3. The third-order valence-corrected chi connectivity index (χ3v) is 6.35. The van der Waals surface area contributed by atoms with Crippen LogP contribution in [-0.4, -0.2) is 6.61 Å². The van der Waals surface area contributed by atoms with Crippen molar-refractivity contribution in [2.75, 3.05) is 6.61 Å². The molecule has 0 aromatic carbocycles. The van der Waals surface area contributed by atoms with Gasteiger partial charge >= 0.3 is 0 Å². The lowest BCUT2D eigenvalue weighted by Gasteiger charge is -2.28. The van der Waals surface area contributed by atoms with Crippen molar-refractivity contribution in [1.82, 2.24) is 0 Å². The Morgan fingerprint density at radius 2 is 1.32 bits per heavy atom. The highest BCUT2D eigenvalue weighted by Gasteiger charge is 2.20. The van der Waals surface area contributed by atoms with Gasteiger partial charge in [-0.2, -0.15) is 0 Å². The van der Waals surface area contributed by atoms with Gasteiger partial charge < -0.3 is 4.74 Å². The normalized spacial score (nSPS) is 19.8. The Morgan fingerprint density at radius 3 is 2.00 bits per heavy atom. The van der Waals surface area contributed by atoms with Crippen molar-refractivity contribution in [3.05, 3.63) is 36.6 Å². The van der Waals surface area contributed by atoms with Crippen LogP contribution in [0.3, 0.4) is 0 Å². The maximum atomic E-state index is 5.72. The van der Waals surface area contributed by atoms with Crippen LogP contribution in [0.25, 0.3) is 0 Å². The van der Waals surface area contributed by atoms with Crippen molar-refractivity contribution in [2.45, 2.75) is 117 Å². The van der Waals surface area contributed by atoms with Gasteiger partial charge in [-0.15, -0.1) is 0 Å². The molecule has 0 unspecified atom stereocenters. The molecule has 0 radical (unpaired) electrons. The molecule has 1 nitrogen and oxygen atoms in total. The number of unbranched alkanes of at least 4 members (excludes halogenated alkanes) is 7. The molecule has 0 heterocycles. The molecule has 162 valence electrons. The molecule has 0 atom stereocenters. The highest BCUT2D eigenvalue weighted by atomic mass is 16.5. The molecule has 1 saturated carbocycles. The fourth-order valence-electron chi connectivity index (χ4n) is 4.31. The second-order valence-corrected chi connectivity index (χ2v) is 9.00. The zero-order chi connectivity index (χ0) is 20.5. The summed E-state index contributed by atoms with van der Waals surface area (Å²) >= 11 is 0. The van der Waals surface area contributed by atoms with E-state index in [9.17, 15) is 0 Å². The summed E-state index contributed by atoms with van der Waals surface area (Å²) in [6.07, 6.45) is 25.8. The highest BCUT2D eigenvalue weighted by Crippen LogP contribution is 2.34. The van der Waals surface area contributed by atoms with Gasteiger partial charge in [-0.3, -0.25) is 0 Å². The van der Waals surface area contributed by atoms with E-state index in [0.717, 1.165) is 37.0 Å². The standard InChI is InChI=1S/C27H48O/c1-5-7-9-10-11-13-23-28-25(4)17-15-24(3)16-18-27-21-19-26(20-22-27)14-12-8-6-2/h15,17,26-27H,3-14,16,18-23H2,1-2H3/b17-15-. The first-order valence-electron chi connectivity index (χ1n) is 12.3. The van der Waals surface area contributed by atoms with E-state index in [4.69, 9.17) is 4.74 Å². The van der Waals surface area contributed by atoms with E-state index in [1.54, 1.807) is 0 Å². The third-order valence-electron chi connectivity index (χ3n) is 6.35. The van der Waals surface area contributed by atoms with Gasteiger partial charge in [0.05, 0.1) is 6.61 Å². The Hall–Kier alpha value is -0.980. The first kappa shape index (κ1) is 25.1. The van der Waals surface area contributed by atoms with Crippen LogP contribution in [0.2, 0.25) is 0 Å². The molecular weight excluding hydrogens is 340 g/mol. The summed E-state index contributed by atoms with van der Waals surface area (Å²) in [6, 6.07) is 0. The summed E-state index contributed by atoms with van der Waals surface area (Å²) in [5.74, 6) is 2.71. The van der Waals surface area contributed by atoms with Crippen molar-refractivity contribution >= 4 is 0 Å². The molecule has 0 aromatic heterocycles. The predicted octanol–water partition coefficient (Wildman–Crippen LogP) is 9.16. The van der Waals surface area contributed by atoms with Gasteiger partial charge in [0.2, 0.25) is 0 Å². The first-order valence-corrected chi connectivity index (χ1v) is 12.3. The summed E-state index contributed by atoms with van der Waals surface area (Å²) in [4.78, 5) is 0. The molecule has 0 aliphatic heterocycles. The van der Waals surface area contributed by atoms with Crippen LogP contribution >= 0.6 is 0 Å². The monoisotopic (exact) mass is 388 g/mol. The van der Waals surface area contributed by atoms with E-state index in [1.165, 1.54) is 95.5 Å². The lowest BCUT2D eigenvalue weighted by molar-refractivity contribution is 0.218. The zero-order valence-electron chi connectivity index (χ0n) is 19.2. The van der Waals surface area contributed by atoms with Gasteiger partial charge in [-0.1, -0.05) is 122 Å². The Labute approximate surface area is 176 Å². The van der Waals surface area contributed by atoms with Crippen molar-refractivity contribution in [3.8, 4) is 0 Å². The summed E-state index contributed by atoms with van der Waals surface area (Å²) in [7, 11) is 0. The minimum Gasteiger partial charge on any atom is -0.494 e. The number of hydrogen-bond donors (Lipinski definition) is 0. The zero-order valence-corrected chi connectivity index (χ0v) is 19.2. The van der Waals surface area contributed by atoms with Crippen LogP contribution < -0.4 is 0 Å². The predicted molar refractivity (Wildman–Crippen MR) is 126 cm³/mol. The van der Waals surface area contributed by atoms with E-state index in [-0.39, 0.29) is 0 Å². The van der Waals surface area contributed by atoms with Crippen molar-refractivity contribution < 1.29 is 4.74 Å². The van der Waals surface area contributed by atoms with E-state index in [2.05, 4.69) is 33.1 Å². The van der Waals surface area contributed by atoms with Crippen molar-refractivity contribution in [1.29, 1.82) is 0 Å². The molecule has 28 heavy (non-hydrogen) atoms. The largest absolute Gasteiger partial charge is 0.494 e. The first-order chi connectivity index (χ1) is 13.7. The Kier molecular flexibility index (Phi) is 15.1. The molecule has 0 spiro atoms. The van der Waals surface area contributed by atoms with Crippen LogP contribution in [0.5, 0.6) is 0 Å². The summed E-state index contributed by atoms with van der Waals surface area (Å²) in [5, 5.41) is 0. The quantitative estimate of drug-likeness (QED) is 0.137. The lowest BCUT2D eigenvalue weighted by Crippen LogP contribution is -2.14. The summed E-state index contributed by atoms with van der Waals surface area (Å²) in [5.41, 5.74) is 1.22. The fraction of sp³-hybridized carbons (Fsp3) is 0.778.